The van der Waals surface area contributed by atoms with Gasteiger partial charge in [-0.2, -0.15) is 0 Å². The van der Waals surface area contributed by atoms with Gasteiger partial charge in [-0.25, -0.2) is 4.39 Å². The van der Waals surface area contributed by atoms with Crippen LogP contribution in [0.25, 0.3) is 0 Å². The fraction of sp³-hybridized carbons (Fsp3) is 0.545. The second-order valence-electron chi connectivity index (χ2n) is 8.27. The first-order valence-electron chi connectivity index (χ1n) is 10.3. The molecule has 1 saturated heterocycles. The maximum Gasteiger partial charge on any atom is 0.255 e. The Morgan fingerprint density at radius 1 is 1.14 bits per heavy atom. The highest BCUT2D eigenvalue weighted by molar-refractivity contribution is 5.97. The summed E-state index contributed by atoms with van der Waals surface area (Å²) in [6.45, 7) is 5.04. The summed E-state index contributed by atoms with van der Waals surface area (Å²) in [6.07, 6.45) is 12.5. The van der Waals surface area contributed by atoms with Crippen molar-refractivity contribution in [3.63, 3.8) is 0 Å². The zero-order chi connectivity index (χ0) is 19.7. The third-order valence-electron chi connectivity index (χ3n) is 6.05. The Morgan fingerprint density at radius 2 is 1.89 bits per heavy atom. The molecule has 0 spiro atoms. The van der Waals surface area contributed by atoms with Gasteiger partial charge in [0, 0.05) is 55.3 Å². The number of carbonyl (C=O) groups is 2. The standard InChI is InChI=1S/C22H28FN3O2/c1-15-13-18(7-8-20(15)23)24-21(27)17-3-2-4-19(14-17)25-9-11-26(12-10-25)22(28)16-5-6-16/h2-3,7-8,14-16,19H,4-6,9-13H2,1H3,(H,24,27). The fourth-order valence-corrected chi connectivity index (χ4v) is 4.08. The van der Waals surface area contributed by atoms with Gasteiger partial charge in [0.05, 0.1) is 0 Å². The van der Waals surface area contributed by atoms with E-state index in [-0.39, 0.29) is 29.6 Å². The lowest BCUT2D eigenvalue weighted by Crippen LogP contribution is -2.52. The molecule has 28 heavy (non-hydrogen) atoms. The van der Waals surface area contributed by atoms with E-state index < -0.39 is 0 Å². The molecule has 4 aliphatic rings. The first-order chi connectivity index (χ1) is 13.5. The van der Waals surface area contributed by atoms with Crippen LogP contribution in [0.4, 0.5) is 4.39 Å². The molecule has 1 saturated carbocycles. The summed E-state index contributed by atoms with van der Waals surface area (Å²) >= 11 is 0. The highest BCUT2D eigenvalue weighted by Gasteiger charge is 2.35. The lowest BCUT2D eigenvalue weighted by atomic mass is 9.97. The van der Waals surface area contributed by atoms with E-state index >= 15 is 0 Å². The van der Waals surface area contributed by atoms with Gasteiger partial charge in [0.1, 0.15) is 5.83 Å². The van der Waals surface area contributed by atoms with Crippen molar-refractivity contribution in [1.82, 2.24) is 15.1 Å². The Bertz CT molecular complexity index is 771. The molecule has 2 unspecified atom stereocenters. The number of halogens is 1. The second-order valence-corrected chi connectivity index (χ2v) is 8.27. The van der Waals surface area contributed by atoms with Crippen molar-refractivity contribution in [3.05, 3.63) is 47.5 Å². The van der Waals surface area contributed by atoms with Crippen LogP contribution in [0.3, 0.4) is 0 Å². The minimum absolute atomic E-state index is 0.141. The minimum Gasteiger partial charge on any atom is -0.340 e. The van der Waals surface area contributed by atoms with Crippen molar-refractivity contribution in [2.24, 2.45) is 11.8 Å². The van der Waals surface area contributed by atoms with E-state index in [1.165, 1.54) is 6.08 Å². The number of amides is 2. The van der Waals surface area contributed by atoms with Crippen molar-refractivity contribution in [1.29, 1.82) is 0 Å². The van der Waals surface area contributed by atoms with Crippen molar-refractivity contribution >= 4 is 11.8 Å². The van der Waals surface area contributed by atoms with Crippen molar-refractivity contribution in [2.75, 3.05) is 26.2 Å². The van der Waals surface area contributed by atoms with Crippen molar-refractivity contribution in [3.8, 4) is 0 Å². The van der Waals surface area contributed by atoms with E-state index in [1.807, 2.05) is 30.1 Å². The van der Waals surface area contributed by atoms with Crippen LogP contribution in [0.1, 0.15) is 32.6 Å². The van der Waals surface area contributed by atoms with Gasteiger partial charge in [-0.15, -0.1) is 0 Å². The molecule has 4 rings (SSSR count). The van der Waals surface area contributed by atoms with Gasteiger partial charge in [0.25, 0.3) is 5.91 Å². The molecule has 6 heteroatoms. The molecule has 0 aromatic rings. The molecule has 2 amide bonds. The van der Waals surface area contributed by atoms with Gasteiger partial charge in [-0.05, 0) is 37.8 Å². The lowest BCUT2D eigenvalue weighted by Gasteiger charge is -2.39. The topological polar surface area (TPSA) is 52.7 Å². The van der Waals surface area contributed by atoms with E-state index in [0.717, 1.165) is 51.1 Å². The summed E-state index contributed by atoms with van der Waals surface area (Å²) in [6, 6.07) is 0.181. The van der Waals surface area contributed by atoms with Crippen LogP contribution >= 0.6 is 0 Å². The predicted molar refractivity (Wildman–Crippen MR) is 106 cm³/mol. The van der Waals surface area contributed by atoms with Crippen LogP contribution in [0.15, 0.2) is 47.5 Å². The summed E-state index contributed by atoms with van der Waals surface area (Å²) in [4.78, 5) is 29.2. The van der Waals surface area contributed by atoms with Gasteiger partial charge >= 0.3 is 0 Å². The van der Waals surface area contributed by atoms with E-state index in [4.69, 9.17) is 0 Å². The second kappa shape index (κ2) is 8.03. The molecule has 1 N–H and O–H groups in total. The van der Waals surface area contributed by atoms with Crippen LogP contribution in [-0.2, 0) is 9.59 Å². The maximum absolute atomic E-state index is 13.5. The molecule has 0 aromatic heterocycles. The highest BCUT2D eigenvalue weighted by atomic mass is 19.1. The summed E-state index contributed by atoms with van der Waals surface area (Å²) in [7, 11) is 0. The zero-order valence-electron chi connectivity index (χ0n) is 16.4. The molecule has 0 bridgehead atoms. The zero-order valence-corrected chi connectivity index (χ0v) is 16.4. The Kier molecular flexibility index (Phi) is 5.49. The van der Waals surface area contributed by atoms with Gasteiger partial charge < -0.3 is 10.2 Å². The molecule has 1 heterocycles. The van der Waals surface area contributed by atoms with Crippen LogP contribution < -0.4 is 5.32 Å². The first-order valence-corrected chi connectivity index (χ1v) is 10.3. The third-order valence-corrected chi connectivity index (χ3v) is 6.05. The Balaban J connectivity index is 1.34. The van der Waals surface area contributed by atoms with Gasteiger partial charge in [-0.3, -0.25) is 14.5 Å². The molecule has 2 atom stereocenters. The monoisotopic (exact) mass is 385 g/mol. The summed E-state index contributed by atoms with van der Waals surface area (Å²) in [5, 5.41) is 2.92. The number of nitrogens with one attached hydrogen (secondary N) is 1. The third kappa shape index (κ3) is 4.27. The normalized spacial score (nSPS) is 28.4. The van der Waals surface area contributed by atoms with Crippen LogP contribution in [0.5, 0.6) is 0 Å². The van der Waals surface area contributed by atoms with Gasteiger partial charge in [0.2, 0.25) is 5.91 Å². The van der Waals surface area contributed by atoms with Gasteiger partial charge in [0.15, 0.2) is 0 Å². The number of carbonyl (C=O) groups excluding carboxylic acids is 2. The fourth-order valence-electron chi connectivity index (χ4n) is 4.08. The predicted octanol–water partition coefficient (Wildman–Crippen LogP) is 2.69. The SMILES string of the molecule is CC1CC(NC(=O)C2=CC(N3CCN(C(=O)C4CC4)CC3)CC=C2)=CC=C1F. The molecule has 3 aliphatic carbocycles. The highest BCUT2D eigenvalue weighted by Crippen LogP contribution is 2.31. The summed E-state index contributed by atoms with van der Waals surface area (Å²) < 4.78 is 13.5. The Hall–Kier alpha value is -2.21. The van der Waals surface area contributed by atoms with Crippen molar-refractivity contribution < 1.29 is 14.0 Å². The summed E-state index contributed by atoms with van der Waals surface area (Å²) in [5.41, 5.74) is 1.40. The number of allylic oxidation sites excluding steroid dienone is 4. The Morgan fingerprint density at radius 3 is 2.57 bits per heavy atom. The lowest BCUT2D eigenvalue weighted by molar-refractivity contribution is -0.134. The molecular formula is C22H28FN3O2. The quantitative estimate of drug-likeness (QED) is 0.810. The van der Waals surface area contributed by atoms with Crippen LogP contribution in [-0.4, -0.2) is 53.8 Å². The van der Waals surface area contributed by atoms with E-state index in [1.54, 1.807) is 6.08 Å². The van der Waals surface area contributed by atoms with Gasteiger partial charge in [-0.1, -0.05) is 25.2 Å². The van der Waals surface area contributed by atoms with Crippen LogP contribution in [0, 0.1) is 11.8 Å². The smallest absolute Gasteiger partial charge is 0.255 e. The van der Waals surface area contributed by atoms with E-state index in [9.17, 15) is 14.0 Å². The Labute approximate surface area is 165 Å². The first kappa shape index (κ1) is 19.1. The largest absolute Gasteiger partial charge is 0.340 e. The van der Waals surface area contributed by atoms with E-state index in [0.29, 0.717) is 17.9 Å². The number of rotatable bonds is 4. The van der Waals surface area contributed by atoms with E-state index in [2.05, 4.69) is 10.2 Å². The average molecular weight is 385 g/mol. The number of hydrogen-bond acceptors (Lipinski definition) is 3. The number of hydrogen-bond donors (Lipinski definition) is 1. The molecular weight excluding hydrogens is 357 g/mol. The molecule has 0 aromatic carbocycles. The molecule has 150 valence electrons. The maximum atomic E-state index is 13.5. The molecule has 5 nitrogen and oxygen atoms in total. The molecule has 0 radical (unpaired) electrons. The summed E-state index contributed by atoms with van der Waals surface area (Å²) in [5.74, 6) is 0.115. The molecule has 1 aliphatic heterocycles. The minimum atomic E-state index is -0.196. The number of piperazine rings is 1. The van der Waals surface area contributed by atoms with Crippen LogP contribution in [0.2, 0.25) is 0 Å². The number of nitrogens with zero attached hydrogens (tertiary/aromatic N) is 2. The molecule has 2 fully saturated rings. The van der Waals surface area contributed by atoms with Crippen molar-refractivity contribution in [2.45, 2.75) is 38.6 Å². The average Bonchev–Trinajstić information content (AvgIpc) is 3.56.